The van der Waals surface area contributed by atoms with Gasteiger partial charge in [-0.2, -0.15) is 0 Å². The van der Waals surface area contributed by atoms with Gasteiger partial charge in [0.2, 0.25) is 0 Å². The lowest BCUT2D eigenvalue weighted by Gasteiger charge is -2.19. The predicted octanol–water partition coefficient (Wildman–Crippen LogP) is 1.90. The molecular weight excluding hydrogens is 300 g/mol. The van der Waals surface area contributed by atoms with Crippen LogP contribution in [0.5, 0.6) is 0 Å². The number of nitrogens with zero attached hydrogens (tertiary/aromatic N) is 1. The molecule has 1 fully saturated rings. The second-order valence-corrected chi connectivity index (χ2v) is 5.61. The van der Waals surface area contributed by atoms with Gasteiger partial charge in [0.15, 0.2) is 0 Å². The molecule has 1 heterocycles. The van der Waals surface area contributed by atoms with E-state index in [1.165, 1.54) is 0 Å². The molecule has 1 aromatic carbocycles. The fourth-order valence-corrected chi connectivity index (χ4v) is 3.01. The number of nitrogens with two attached hydrogens (primary N) is 1. The second-order valence-electron chi connectivity index (χ2n) is 4.31. The summed E-state index contributed by atoms with van der Waals surface area (Å²) in [5.74, 6) is 0.393. The third-order valence-electron chi connectivity index (χ3n) is 3.13. The summed E-state index contributed by atoms with van der Waals surface area (Å²) in [6, 6.07) is 6.00. The Bertz CT molecular complexity index is 439. The molecule has 2 rings (SSSR count). The molecule has 17 heavy (non-hydrogen) atoms. The number of thiocarbonyl (C=S) groups is 1. The number of hydrogen-bond acceptors (Lipinski definition) is 3. The molecule has 0 bridgehead atoms. The minimum absolute atomic E-state index is 0.267. The van der Waals surface area contributed by atoms with E-state index in [9.17, 15) is 0 Å². The molecule has 0 aromatic heterocycles. The van der Waals surface area contributed by atoms with Crippen LogP contribution in [0.15, 0.2) is 22.7 Å². The van der Waals surface area contributed by atoms with Gasteiger partial charge in [-0.3, -0.25) is 0 Å². The quantitative estimate of drug-likeness (QED) is 0.837. The van der Waals surface area contributed by atoms with Gasteiger partial charge in [-0.25, -0.2) is 0 Å². The maximum absolute atomic E-state index is 9.13. The molecule has 5 heteroatoms. The third-order valence-corrected chi connectivity index (χ3v) is 4.00. The van der Waals surface area contributed by atoms with Gasteiger partial charge < -0.3 is 15.7 Å². The average Bonchev–Trinajstić information content (AvgIpc) is 2.76. The number of rotatable bonds is 3. The average molecular weight is 315 g/mol. The predicted molar refractivity (Wildman–Crippen MR) is 77.4 cm³/mol. The van der Waals surface area contributed by atoms with Gasteiger partial charge in [0.05, 0.1) is 0 Å². The largest absolute Gasteiger partial charge is 0.396 e. The van der Waals surface area contributed by atoms with E-state index in [1.807, 2.05) is 18.2 Å². The van der Waals surface area contributed by atoms with Crippen LogP contribution in [-0.4, -0.2) is 29.8 Å². The zero-order chi connectivity index (χ0) is 12.4. The highest BCUT2D eigenvalue weighted by molar-refractivity contribution is 9.10. The monoisotopic (exact) mass is 314 g/mol. The highest BCUT2D eigenvalue weighted by Crippen LogP contribution is 2.28. The van der Waals surface area contributed by atoms with Crippen LogP contribution in [0.25, 0.3) is 0 Å². The molecule has 1 aliphatic heterocycles. The van der Waals surface area contributed by atoms with Crippen LogP contribution in [-0.2, 0) is 0 Å². The van der Waals surface area contributed by atoms with Crippen LogP contribution in [0.1, 0.15) is 12.0 Å². The molecule has 1 saturated heterocycles. The van der Waals surface area contributed by atoms with Crippen LogP contribution < -0.4 is 10.6 Å². The molecule has 1 atom stereocenters. The Kier molecular flexibility index (Phi) is 4.01. The van der Waals surface area contributed by atoms with Gasteiger partial charge in [-0.1, -0.05) is 12.2 Å². The van der Waals surface area contributed by atoms with Crippen molar-refractivity contribution in [3.05, 3.63) is 28.2 Å². The summed E-state index contributed by atoms with van der Waals surface area (Å²) in [4.78, 5) is 2.67. The molecule has 3 nitrogen and oxygen atoms in total. The van der Waals surface area contributed by atoms with Gasteiger partial charge in [-0.05, 0) is 40.5 Å². The summed E-state index contributed by atoms with van der Waals surface area (Å²) in [5, 5.41) is 9.13. The highest BCUT2D eigenvalue weighted by atomic mass is 79.9. The van der Waals surface area contributed by atoms with Crippen molar-refractivity contribution < 1.29 is 5.11 Å². The molecule has 92 valence electrons. The maximum Gasteiger partial charge on any atom is 0.105 e. The fourth-order valence-electron chi connectivity index (χ4n) is 2.12. The minimum atomic E-state index is 0.267. The SMILES string of the molecule is NC(=S)c1ccc(N2CCC(CO)C2)cc1Br. The van der Waals surface area contributed by atoms with Crippen molar-refractivity contribution in [2.24, 2.45) is 11.7 Å². The van der Waals surface area contributed by atoms with E-state index in [1.54, 1.807) is 0 Å². The summed E-state index contributed by atoms with van der Waals surface area (Å²) < 4.78 is 0.926. The van der Waals surface area contributed by atoms with E-state index in [-0.39, 0.29) is 6.61 Å². The smallest absolute Gasteiger partial charge is 0.105 e. The molecule has 1 aliphatic rings. The summed E-state index contributed by atoms with van der Waals surface area (Å²) >= 11 is 8.45. The summed E-state index contributed by atoms with van der Waals surface area (Å²) in [7, 11) is 0. The van der Waals surface area contributed by atoms with Crippen molar-refractivity contribution in [2.45, 2.75) is 6.42 Å². The second kappa shape index (κ2) is 5.33. The lowest BCUT2D eigenvalue weighted by molar-refractivity contribution is 0.238. The lowest BCUT2D eigenvalue weighted by Crippen LogP contribution is -2.21. The Morgan fingerprint density at radius 1 is 1.59 bits per heavy atom. The first kappa shape index (κ1) is 12.8. The van der Waals surface area contributed by atoms with Crippen molar-refractivity contribution in [1.82, 2.24) is 0 Å². The van der Waals surface area contributed by atoms with Crippen molar-refractivity contribution in [3.8, 4) is 0 Å². The third kappa shape index (κ3) is 2.78. The normalized spacial score (nSPS) is 19.6. The van der Waals surface area contributed by atoms with Gasteiger partial charge in [0.1, 0.15) is 4.99 Å². The molecule has 0 amide bonds. The molecule has 0 aliphatic carbocycles. The lowest BCUT2D eigenvalue weighted by atomic mass is 10.1. The van der Waals surface area contributed by atoms with Gasteiger partial charge in [-0.15, -0.1) is 0 Å². The number of anilines is 1. The first-order valence-electron chi connectivity index (χ1n) is 5.57. The maximum atomic E-state index is 9.13. The zero-order valence-electron chi connectivity index (χ0n) is 9.40. The molecule has 0 spiro atoms. The van der Waals surface area contributed by atoms with Crippen LogP contribution in [0.4, 0.5) is 5.69 Å². The number of aliphatic hydroxyl groups is 1. The summed E-state index contributed by atoms with van der Waals surface area (Å²) in [6.07, 6.45) is 1.05. The minimum Gasteiger partial charge on any atom is -0.396 e. The van der Waals surface area contributed by atoms with E-state index >= 15 is 0 Å². The standard InChI is InChI=1S/C12H15BrN2OS/c13-11-5-9(1-2-10(11)12(14)17)15-4-3-8(6-15)7-16/h1-2,5,8,16H,3-4,6-7H2,(H2,14,17). The van der Waals surface area contributed by atoms with Gasteiger partial charge >= 0.3 is 0 Å². The van der Waals surface area contributed by atoms with Crippen LogP contribution >= 0.6 is 28.1 Å². The molecule has 0 radical (unpaired) electrons. The fraction of sp³-hybridized carbons (Fsp3) is 0.417. The highest BCUT2D eigenvalue weighted by Gasteiger charge is 2.22. The van der Waals surface area contributed by atoms with Crippen LogP contribution in [0, 0.1) is 5.92 Å². The first-order chi connectivity index (χ1) is 8.11. The molecule has 1 unspecified atom stereocenters. The molecule has 1 aromatic rings. The zero-order valence-corrected chi connectivity index (χ0v) is 11.8. The number of hydrogen-bond donors (Lipinski definition) is 2. The topological polar surface area (TPSA) is 49.5 Å². The summed E-state index contributed by atoms with van der Waals surface area (Å²) in [5.41, 5.74) is 7.63. The Morgan fingerprint density at radius 3 is 2.88 bits per heavy atom. The first-order valence-corrected chi connectivity index (χ1v) is 6.77. The van der Waals surface area contributed by atoms with Crippen molar-refractivity contribution in [2.75, 3.05) is 24.6 Å². The van der Waals surface area contributed by atoms with E-state index in [0.717, 1.165) is 35.2 Å². The number of benzene rings is 1. The Morgan fingerprint density at radius 2 is 2.35 bits per heavy atom. The Hall–Kier alpha value is -0.650. The summed E-state index contributed by atoms with van der Waals surface area (Å²) in [6.45, 7) is 2.17. The van der Waals surface area contributed by atoms with Crippen molar-refractivity contribution >= 4 is 38.8 Å². The Labute approximate surface area is 115 Å². The molecule has 3 N–H and O–H groups in total. The molecular formula is C12H15BrN2OS. The molecule has 0 saturated carbocycles. The van der Waals surface area contributed by atoms with E-state index < -0.39 is 0 Å². The Balaban J connectivity index is 2.18. The van der Waals surface area contributed by atoms with Crippen molar-refractivity contribution in [1.29, 1.82) is 0 Å². The van der Waals surface area contributed by atoms with E-state index in [2.05, 4.69) is 20.8 Å². The van der Waals surface area contributed by atoms with Crippen LogP contribution in [0.2, 0.25) is 0 Å². The van der Waals surface area contributed by atoms with Crippen molar-refractivity contribution in [3.63, 3.8) is 0 Å². The van der Waals surface area contributed by atoms with Gasteiger partial charge in [0.25, 0.3) is 0 Å². The van der Waals surface area contributed by atoms with Gasteiger partial charge in [0, 0.05) is 41.3 Å². The van der Waals surface area contributed by atoms with E-state index in [4.69, 9.17) is 23.1 Å². The van der Waals surface area contributed by atoms with E-state index in [0.29, 0.717) is 10.9 Å². The van der Waals surface area contributed by atoms with Crippen LogP contribution in [0.3, 0.4) is 0 Å². The number of halogens is 1. The number of aliphatic hydroxyl groups excluding tert-OH is 1.